The van der Waals surface area contributed by atoms with Crippen LogP contribution in [0.2, 0.25) is 0 Å². The van der Waals surface area contributed by atoms with E-state index in [9.17, 15) is 0 Å². The number of benzene rings is 3. The molecule has 0 radical (unpaired) electrons. The van der Waals surface area contributed by atoms with Crippen LogP contribution in [0.4, 0.5) is 0 Å². The summed E-state index contributed by atoms with van der Waals surface area (Å²) in [4.78, 5) is 5.17. The molecule has 1 N–H and O–H groups in total. The number of aliphatic imine (C=N–C) groups is 1. The molecule has 26 heavy (non-hydrogen) atoms. The van der Waals surface area contributed by atoms with Gasteiger partial charge in [0.1, 0.15) is 5.54 Å². The Labute approximate surface area is 155 Å². The molecule has 0 aliphatic carbocycles. The molecule has 2 nitrogen and oxygen atoms in total. The topological polar surface area (TPSA) is 24.4 Å². The Balaban J connectivity index is 1.63. The van der Waals surface area contributed by atoms with Crippen LogP contribution in [-0.4, -0.2) is 5.84 Å². The highest BCUT2D eigenvalue weighted by Crippen LogP contribution is 2.42. The molecule has 1 heterocycles. The Morgan fingerprint density at radius 3 is 2.00 bits per heavy atom. The molecule has 2 atom stereocenters. The first kappa shape index (κ1) is 16.6. The van der Waals surface area contributed by atoms with Gasteiger partial charge in [-0.25, -0.2) is 0 Å². The van der Waals surface area contributed by atoms with Gasteiger partial charge in [0.15, 0.2) is 0 Å². The van der Waals surface area contributed by atoms with E-state index in [1.165, 1.54) is 16.7 Å². The number of hydrogen-bond donors (Lipinski definition) is 1. The van der Waals surface area contributed by atoms with Gasteiger partial charge in [-0.1, -0.05) is 91.0 Å². The molecule has 0 saturated heterocycles. The first-order valence-corrected chi connectivity index (χ1v) is 9.25. The van der Waals surface area contributed by atoms with E-state index in [-0.39, 0.29) is 11.6 Å². The Morgan fingerprint density at radius 2 is 1.35 bits per heavy atom. The number of aryl methyl sites for hydroxylation is 1. The van der Waals surface area contributed by atoms with E-state index < -0.39 is 0 Å². The number of nitrogens with zero attached hydrogens (tertiary/aromatic N) is 1. The van der Waals surface area contributed by atoms with Gasteiger partial charge in [-0.15, -0.1) is 0 Å². The van der Waals surface area contributed by atoms with E-state index in [2.05, 4.69) is 103 Å². The third-order valence-corrected chi connectivity index (χ3v) is 5.22. The standard InChI is InChI=1S/C24H24N2/c1-24(21-15-9-4-10-16-21)23(20-13-7-3-8-14-20)25-22(26-24)18-17-19-11-5-2-6-12-19/h2-16,23H,17-18H2,1H3,(H,25,26)/t23-,24+/m1/s1. The van der Waals surface area contributed by atoms with Crippen LogP contribution in [0.1, 0.15) is 36.1 Å². The van der Waals surface area contributed by atoms with Crippen LogP contribution in [0, 0.1) is 0 Å². The largest absolute Gasteiger partial charge is 0.364 e. The second-order valence-corrected chi connectivity index (χ2v) is 7.05. The van der Waals surface area contributed by atoms with Crippen molar-refractivity contribution in [1.29, 1.82) is 0 Å². The van der Waals surface area contributed by atoms with Crippen LogP contribution in [0.25, 0.3) is 0 Å². The summed E-state index contributed by atoms with van der Waals surface area (Å²) in [5, 5.41) is 3.72. The Hall–Kier alpha value is -2.87. The molecule has 130 valence electrons. The first-order valence-electron chi connectivity index (χ1n) is 9.25. The monoisotopic (exact) mass is 340 g/mol. The van der Waals surface area contributed by atoms with E-state index >= 15 is 0 Å². The molecule has 0 saturated carbocycles. The summed E-state index contributed by atoms with van der Waals surface area (Å²) < 4.78 is 0. The molecule has 0 spiro atoms. The van der Waals surface area contributed by atoms with Crippen LogP contribution < -0.4 is 5.32 Å². The van der Waals surface area contributed by atoms with E-state index in [1.807, 2.05) is 0 Å². The fraction of sp³-hybridized carbons (Fsp3) is 0.208. The van der Waals surface area contributed by atoms with E-state index in [4.69, 9.17) is 4.99 Å². The van der Waals surface area contributed by atoms with Gasteiger partial charge in [0.2, 0.25) is 0 Å². The predicted octanol–water partition coefficient (Wildman–Crippen LogP) is 5.28. The maximum atomic E-state index is 5.17. The minimum absolute atomic E-state index is 0.150. The lowest BCUT2D eigenvalue weighted by molar-refractivity contribution is 0.405. The molecule has 3 aromatic rings. The first-order chi connectivity index (χ1) is 12.8. The summed E-state index contributed by atoms with van der Waals surface area (Å²) in [7, 11) is 0. The number of nitrogens with one attached hydrogen (secondary N) is 1. The average molecular weight is 340 g/mol. The van der Waals surface area contributed by atoms with Crippen molar-refractivity contribution in [3.8, 4) is 0 Å². The zero-order valence-corrected chi connectivity index (χ0v) is 15.1. The third-order valence-electron chi connectivity index (χ3n) is 5.22. The summed E-state index contributed by atoms with van der Waals surface area (Å²) in [6.07, 6.45) is 1.93. The summed E-state index contributed by atoms with van der Waals surface area (Å²) in [6.45, 7) is 2.24. The predicted molar refractivity (Wildman–Crippen MR) is 108 cm³/mol. The fourth-order valence-corrected chi connectivity index (χ4v) is 3.78. The van der Waals surface area contributed by atoms with Crippen LogP contribution in [-0.2, 0) is 12.0 Å². The van der Waals surface area contributed by atoms with E-state index in [0.717, 1.165) is 18.7 Å². The van der Waals surface area contributed by atoms with Crippen molar-refractivity contribution in [3.63, 3.8) is 0 Å². The highest BCUT2D eigenvalue weighted by Gasteiger charge is 2.41. The van der Waals surface area contributed by atoms with E-state index in [0.29, 0.717) is 0 Å². The van der Waals surface area contributed by atoms with E-state index in [1.54, 1.807) is 0 Å². The zero-order chi connectivity index (χ0) is 17.8. The average Bonchev–Trinajstić information content (AvgIpc) is 3.06. The summed E-state index contributed by atoms with van der Waals surface area (Å²) in [6, 6.07) is 32.0. The zero-order valence-electron chi connectivity index (χ0n) is 15.1. The number of amidine groups is 1. The molecular formula is C24H24N2. The molecule has 0 unspecified atom stereocenters. The lowest BCUT2D eigenvalue weighted by atomic mass is 9.82. The molecule has 2 heteroatoms. The maximum absolute atomic E-state index is 5.17. The van der Waals surface area contributed by atoms with Gasteiger partial charge in [0.25, 0.3) is 0 Å². The van der Waals surface area contributed by atoms with Gasteiger partial charge in [0.05, 0.1) is 11.9 Å². The molecular weight excluding hydrogens is 316 g/mol. The lowest BCUT2D eigenvalue weighted by Crippen LogP contribution is -2.32. The quantitative estimate of drug-likeness (QED) is 0.671. The molecule has 4 rings (SSSR count). The fourth-order valence-electron chi connectivity index (χ4n) is 3.78. The van der Waals surface area contributed by atoms with Crippen molar-refractivity contribution < 1.29 is 0 Å². The minimum atomic E-state index is -0.297. The van der Waals surface area contributed by atoms with Crippen LogP contribution in [0.15, 0.2) is 96.0 Å². The van der Waals surface area contributed by atoms with Gasteiger partial charge >= 0.3 is 0 Å². The second kappa shape index (κ2) is 7.17. The summed E-state index contributed by atoms with van der Waals surface area (Å²) in [5.41, 5.74) is 3.57. The van der Waals surface area contributed by atoms with Crippen molar-refractivity contribution in [3.05, 3.63) is 108 Å². The van der Waals surface area contributed by atoms with Gasteiger partial charge < -0.3 is 5.32 Å². The van der Waals surface area contributed by atoms with Crippen LogP contribution in [0.5, 0.6) is 0 Å². The summed E-state index contributed by atoms with van der Waals surface area (Å²) in [5.74, 6) is 1.09. The highest BCUT2D eigenvalue weighted by atomic mass is 15.2. The molecule has 3 aromatic carbocycles. The molecule has 0 aromatic heterocycles. The molecule has 1 aliphatic rings. The normalized spacial score (nSPS) is 21.9. The molecule has 0 fully saturated rings. The number of rotatable bonds is 5. The van der Waals surface area contributed by atoms with Crippen molar-refractivity contribution >= 4 is 5.84 Å². The Bertz CT molecular complexity index is 872. The van der Waals surface area contributed by atoms with Crippen molar-refractivity contribution in [2.45, 2.75) is 31.3 Å². The Morgan fingerprint density at radius 1 is 0.769 bits per heavy atom. The van der Waals surface area contributed by atoms with Crippen LogP contribution in [0.3, 0.4) is 0 Å². The molecule has 1 aliphatic heterocycles. The molecule has 0 bridgehead atoms. The van der Waals surface area contributed by atoms with Gasteiger partial charge in [-0.2, -0.15) is 0 Å². The Kier molecular flexibility index (Phi) is 4.57. The smallest absolute Gasteiger partial charge is 0.109 e. The van der Waals surface area contributed by atoms with Gasteiger partial charge in [-0.3, -0.25) is 4.99 Å². The SMILES string of the molecule is C[C@@]1(c2ccccc2)N=C(CCc2ccccc2)N[C@@H]1c1ccccc1. The minimum Gasteiger partial charge on any atom is -0.364 e. The third kappa shape index (κ3) is 3.28. The van der Waals surface area contributed by atoms with Crippen LogP contribution >= 0.6 is 0 Å². The second-order valence-electron chi connectivity index (χ2n) is 7.05. The van der Waals surface area contributed by atoms with Gasteiger partial charge in [0, 0.05) is 6.42 Å². The highest BCUT2D eigenvalue weighted by molar-refractivity contribution is 5.85. The number of hydrogen-bond acceptors (Lipinski definition) is 2. The lowest BCUT2D eigenvalue weighted by Gasteiger charge is -2.30. The van der Waals surface area contributed by atoms with Gasteiger partial charge in [-0.05, 0) is 30.0 Å². The van der Waals surface area contributed by atoms with Crippen molar-refractivity contribution in [1.82, 2.24) is 5.32 Å². The maximum Gasteiger partial charge on any atom is 0.109 e. The molecule has 0 amide bonds. The van der Waals surface area contributed by atoms with Crippen molar-refractivity contribution in [2.75, 3.05) is 0 Å². The van der Waals surface area contributed by atoms with Crippen molar-refractivity contribution in [2.24, 2.45) is 4.99 Å². The summed E-state index contributed by atoms with van der Waals surface area (Å²) >= 11 is 0.